The van der Waals surface area contributed by atoms with Gasteiger partial charge >= 0.3 is 0 Å². The predicted molar refractivity (Wildman–Crippen MR) is 65.0 cm³/mol. The summed E-state index contributed by atoms with van der Waals surface area (Å²) in [6.07, 6.45) is 1.15. The summed E-state index contributed by atoms with van der Waals surface area (Å²) in [4.78, 5) is 14.1. The van der Waals surface area contributed by atoms with Gasteiger partial charge in [-0.1, -0.05) is 6.07 Å². The van der Waals surface area contributed by atoms with Crippen LogP contribution in [0.5, 0.6) is 0 Å². The summed E-state index contributed by atoms with van der Waals surface area (Å²) >= 11 is 5.60. The Balaban J connectivity index is 2.57. The van der Waals surface area contributed by atoms with Crippen LogP contribution < -0.4 is 5.56 Å². The second-order valence-corrected chi connectivity index (χ2v) is 4.20. The molecular weight excluding hydrogens is 262 g/mol. The number of benzene rings is 1. The third kappa shape index (κ3) is 1.44. The number of fused-ring (bicyclic) bond motifs is 3. The normalized spacial score (nSPS) is 11.5. The van der Waals surface area contributed by atoms with Gasteiger partial charge in [-0.2, -0.15) is 0 Å². The lowest BCUT2D eigenvalue weighted by Crippen LogP contribution is -2.11. The first-order valence-electron chi connectivity index (χ1n) is 5.19. The molecule has 0 fully saturated rings. The van der Waals surface area contributed by atoms with Crippen LogP contribution >= 0.6 is 11.6 Å². The lowest BCUT2D eigenvalue weighted by molar-refractivity contribution is 0.624. The molecule has 2 aromatic heterocycles. The van der Waals surface area contributed by atoms with Gasteiger partial charge in [-0.15, -0.1) is 11.6 Å². The van der Waals surface area contributed by atoms with Crippen LogP contribution in [-0.4, -0.2) is 9.38 Å². The molecule has 1 N–H and O–H groups in total. The molecule has 0 aliphatic carbocycles. The molecule has 3 aromatic rings. The summed E-state index contributed by atoms with van der Waals surface area (Å²) in [5.41, 5.74) is 0.294. The van der Waals surface area contributed by atoms with E-state index < -0.39 is 17.2 Å². The molecule has 0 unspecified atom stereocenters. The van der Waals surface area contributed by atoms with E-state index in [0.29, 0.717) is 5.52 Å². The number of H-pyrrole nitrogens is 1. The molecule has 2 heterocycles. The fraction of sp³-hybridized carbons (Fsp3) is 0.0833. The van der Waals surface area contributed by atoms with E-state index in [1.54, 1.807) is 6.07 Å². The Morgan fingerprint density at radius 3 is 2.78 bits per heavy atom. The number of alkyl halides is 1. The third-order valence-corrected chi connectivity index (χ3v) is 3.15. The van der Waals surface area contributed by atoms with Crippen molar-refractivity contribution in [3.05, 3.63) is 51.9 Å². The van der Waals surface area contributed by atoms with E-state index in [1.165, 1.54) is 10.5 Å². The molecule has 0 amide bonds. The van der Waals surface area contributed by atoms with Crippen LogP contribution in [0.1, 0.15) is 5.56 Å². The van der Waals surface area contributed by atoms with Gasteiger partial charge in [0.25, 0.3) is 5.56 Å². The molecule has 0 aliphatic heterocycles. The van der Waals surface area contributed by atoms with Crippen molar-refractivity contribution in [2.75, 3.05) is 0 Å². The zero-order valence-electron chi connectivity index (χ0n) is 9.01. The van der Waals surface area contributed by atoms with Crippen molar-refractivity contribution in [3.8, 4) is 0 Å². The lowest BCUT2D eigenvalue weighted by atomic mass is 10.2. The van der Waals surface area contributed by atoms with E-state index in [9.17, 15) is 13.6 Å². The molecule has 0 saturated carbocycles. The standard InChI is InChI=1S/C12H7ClF2N2O/c13-4-6-1-2-8-11(10(6)15)16-12(18)9-3-7(14)5-17(8)9/h1-3,5H,4H2,(H,16,18). The van der Waals surface area contributed by atoms with Crippen molar-refractivity contribution >= 4 is 28.2 Å². The molecule has 3 rings (SSSR count). The van der Waals surface area contributed by atoms with Crippen LogP contribution in [0.2, 0.25) is 0 Å². The number of aromatic amines is 1. The molecule has 0 aliphatic rings. The highest BCUT2D eigenvalue weighted by atomic mass is 35.5. The first-order chi connectivity index (χ1) is 8.61. The van der Waals surface area contributed by atoms with E-state index in [4.69, 9.17) is 11.6 Å². The Hall–Kier alpha value is -1.88. The summed E-state index contributed by atoms with van der Waals surface area (Å²) in [5.74, 6) is -1.13. The molecule has 92 valence electrons. The minimum Gasteiger partial charge on any atom is -0.316 e. The van der Waals surface area contributed by atoms with Crippen LogP contribution in [0.15, 0.2) is 29.2 Å². The molecule has 18 heavy (non-hydrogen) atoms. The number of nitrogens with one attached hydrogen (secondary N) is 1. The van der Waals surface area contributed by atoms with Crippen LogP contribution in [-0.2, 0) is 5.88 Å². The lowest BCUT2D eigenvalue weighted by Gasteiger charge is -2.06. The average molecular weight is 269 g/mol. The Bertz CT molecular complexity index is 822. The molecule has 0 bridgehead atoms. The quantitative estimate of drug-likeness (QED) is 0.677. The molecule has 0 radical (unpaired) electrons. The topological polar surface area (TPSA) is 37.3 Å². The first-order valence-corrected chi connectivity index (χ1v) is 5.72. The van der Waals surface area contributed by atoms with E-state index >= 15 is 0 Å². The minimum absolute atomic E-state index is 0.00187. The van der Waals surface area contributed by atoms with Crippen LogP contribution in [0.3, 0.4) is 0 Å². The first kappa shape index (κ1) is 11.2. The molecule has 0 spiro atoms. The summed E-state index contributed by atoms with van der Waals surface area (Å²) in [7, 11) is 0. The summed E-state index contributed by atoms with van der Waals surface area (Å²) in [6.45, 7) is 0. The van der Waals surface area contributed by atoms with Gasteiger partial charge in [0.2, 0.25) is 0 Å². The smallest absolute Gasteiger partial charge is 0.272 e. The summed E-state index contributed by atoms with van der Waals surface area (Å²) in [5, 5.41) is 0. The fourth-order valence-corrected chi connectivity index (χ4v) is 2.22. The molecule has 0 saturated heterocycles. The number of hydrogen-bond donors (Lipinski definition) is 1. The highest BCUT2D eigenvalue weighted by Crippen LogP contribution is 2.21. The van der Waals surface area contributed by atoms with Gasteiger partial charge in [-0.3, -0.25) is 4.79 Å². The zero-order valence-corrected chi connectivity index (χ0v) is 9.76. The summed E-state index contributed by atoms with van der Waals surface area (Å²) in [6, 6.07) is 4.21. The number of hydrogen-bond acceptors (Lipinski definition) is 1. The van der Waals surface area contributed by atoms with Crippen LogP contribution in [0, 0.1) is 11.6 Å². The van der Waals surface area contributed by atoms with Crippen molar-refractivity contribution in [2.45, 2.75) is 5.88 Å². The second kappa shape index (κ2) is 3.81. The number of rotatable bonds is 1. The average Bonchev–Trinajstić information content (AvgIpc) is 2.73. The third-order valence-electron chi connectivity index (χ3n) is 2.86. The maximum absolute atomic E-state index is 14.0. The Labute approximate surface area is 105 Å². The fourth-order valence-electron chi connectivity index (χ4n) is 2.01. The van der Waals surface area contributed by atoms with Gasteiger partial charge in [-0.05, 0) is 6.07 Å². The molecule has 0 atom stereocenters. The molecule has 6 heteroatoms. The Kier molecular flexibility index (Phi) is 2.38. The monoisotopic (exact) mass is 268 g/mol. The molecule has 3 nitrogen and oxygen atoms in total. The van der Waals surface area contributed by atoms with E-state index in [1.807, 2.05) is 0 Å². The maximum atomic E-state index is 14.0. The van der Waals surface area contributed by atoms with Gasteiger partial charge < -0.3 is 9.38 Å². The highest BCUT2D eigenvalue weighted by Gasteiger charge is 2.12. The van der Waals surface area contributed by atoms with Gasteiger partial charge in [0.15, 0.2) is 5.82 Å². The van der Waals surface area contributed by atoms with Crippen molar-refractivity contribution in [1.29, 1.82) is 0 Å². The largest absolute Gasteiger partial charge is 0.316 e. The SMILES string of the molecule is O=c1[nH]c2c(F)c(CCl)ccc2n2cc(F)cc12. The van der Waals surface area contributed by atoms with E-state index in [0.717, 1.165) is 12.3 Å². The van der Waals surface area contributed by atoms with Crippen LogP contribution in [0.4, 0.5) is 8.78 Å². The van der Waals surface area contributed by atoms with Crippen molar-refractivity contribution < 1.29 is 8.78 Å². The predicted octanol–water partition coefficient (Wildman–Crippen LogP) is 2.80. The van der Waals surface area contributed by atoms with Crippen molar-refractivity contribution in [2.24, 2.45) is 0 Å². The summed E-state index contributed by atoms with van der Waals surface area (Å²) < 4.78 is 28.5. The molecular formula is C12H7ClF2N2O. The van der Waals surface area contributed by atoms with Crippen molar-refractivity contribution in [1.82, 2.24) is 9.38 Å². The van der Waals surface area contributed by atoms with Crippen molar-refractivity contribution in [3.63, 3.8) is 0 Å². The van der Waals surface area contributed by atoms with E-state index in [-0.39, 0.29) is 22.5 Å². The Morgan fingerprint density at radius 1 is 1.28 bits per heavy atom. The van der Waals surface area contributed by atoms with Gasteiger partial charge in [0.05, 0.1) is 11.4 Å². The van der Waals surface area contributed by atoms with E-state index in [2.05, 4.69) is 4.98 Å². The number of aromatic nitrogens is 2. The van der Waals surface area contributed by atoms with Gasteiger partial charge in [0.1, 0.15) is 16.9 Å². The van der Waals surface area contributed by atoms with Crippen LogP contribution in [0.25, 0.3) is 16.6 Å². The number of nitrogens with zero attached hydrogens (tertiary/aromatic N) is 1. The zero-order chi connectivity index (χ0) is 12.9. The molecule has 1 aromatic carbocycles. The second-order valence-electron chi connectivity index (χ2n) is 3.93. The van der Waals surface area contributed by atoms with Gasteiger partial charge in [-0.25, -0.2) is 8.78 Å². The minimum atomic E-state index is -0.587. The Morgan fingerprint density at radius 2 is 2.06 bits per heavy atom. The highest BCUT2D eigenvalue weighted by molar-refractivity contribution is 6.17. The number of halogens is 3. The van der Waals surface area contributed by atoms with Gasteiger partial charge in [0, 0.05) is 17.8 Å². The maximum Gasteiger partial charge on any atom is 0.272 e.